The first-order chi connectivity index (χ1) is 15.7. The maximum absolute atomic E-state index is 13.8. The van der Waals surface area contributed by atoms with E-state index in [2.05, 4.69) is 15.3 Å². The fourth-order valence-electron chi connectivity index (χ4n) is 3.82. The van der Waals surface area contributed by atoms with Crippen molar-refractivity contribution in [2.75, 3.05) is 12.3 Å². The number of pyridine rings is 2. The van der Waals surface area contributed by atoms with Crippen molar-refractivity contribution >= 4 is 22.5 Å². The van der Waals surface area contributed by atoms with Crippen molar-refractivity contribution in [3.05, 3.63) is 69.7 Å². The summed E-state index contributed by atoms with van der Waals surface area (Å²) in [7, 11) is 1.62. The number of halogens is 1. The Morgan fingerprint density at radius 2 is 1.91 bits per heavy atom. The van der Waals surface area contributed by atoms with Gasteiger partial charge in [0.05, 0.1) is 11.9 Å². The van der Waals surface area contributed by atoms with Crippen LogP contribution in [0.25, 0.3) is 22.0 Å². The second kappa shape index (κ2) is 8.42. The zero-order valence-electron chi connectivity index (χ0n) is 18.7. The number of aryl methyl sites for hydroxylation is 3. The Bertz CT molecular complexity index is 1430. The lowest BCUT2D eigenvalue weighted by Gasteiger charge is -2.15. The molecule has 8 nitrogen and oxygen atoms in total. The van der Waals surface area contributed by atoms with Gasteiger partial charge in [0.1, 0.15) is 22.8 Å². The van der Waals surface area contributed by atoms with Gasteiger partial charge in [0, 0.05) is 36.3 Å². The first-order valence-electron chi connectivity index (χ1n) is 10.4. The minimum Gasteiger partial charge on any atom is -0.438 e. The average Bonchev–Trinajstić information content (AvgIpc) is 3.20. The standard InChI is InChI=1S/C24H24FN5O3/c1-5-27-22(31)19-9-16-18(11-30(4)24(32)20(16)29-19)17-8-15(26)10-28-23(17)33-21-12(2)6-14(25)7-13(21)3/h6-11,29H,5,26H2,1-4H3,(H,27,31). The number of H-pyrrole nitrogens is 1. The van der Waals surface area contributed by atoms with Crippen LogP contribution in [0.4, 0.5) is 10.1 Å². The number of aromatic amines is 1. The Kier molecular flexibility index (Phi) is 5.63. The molecular formula is C24H24FN5O3. The minimum atomic E-state index is -0.354. The number of rotatable bonds is 5. The van der Waals surface area contributed by atoms with Gasteiger partial charge in [-0.3, -0.25) is 9.59 Å². The number of amides is 1. The number of aromatic nitrogens is 3. The first kappa shape index (κ1) is 22.1. The maximum Gasteiger partial charge on any atom is 0.274 e. The fourth-order valence-corrected chi connectivity index (χ4v) is 3.82. The molecule has 0 aliphatic heterocycles. The van der Waals surface area contributed by atoms with Crippen molar-refractivity contribution in [3.63, 3.8) is 0 Å². The molecule has 4 rings (SSSR count). The van der Waals surface area contributed by atoms with Gasteiger partial charge < -0.3 is 25.3 Å². The monoisotopic (exact) mass is 449 g/mol. The van der Waals surface area contributed by atoms with Crippen LogP contribution < -0.4 is 21.3 Å². The van der Waals surface area contributed by atoms with Crippen molar-refractivity contribution in [2.24, 2.45) is 7.05 Å². The number of anilines is 1. The molecule has 1 amide bonds. The largest absolute Gasteiger partial charge is 0.438 e. The number of nitrogens with one attached hydrogen (secondary N) is 2. The molecule has 0 unspecified atom stereocenters. The summed E-state index contributed by atoms with van der Waals surface area (Å²) in [6, 6.07) is 6.08. The molecule has 0 bridgehead atoms. The topological polar surface area (TPSA) is 115 Å². The van der Waals surface area contributed by atoms with E-state index in [9.17, 15) is 14.0 Å². The van der Waals surface area contributed by atoms with Crippen LogP contribution in [0, 0.1) is 19.7 Å². The Hall–Kier alpha value is -4.14. The molecule has 0 fully saturated rings. The maximum atomic E-state index is 13.8. The van der Waals surface area contributed by atoms with Crippen LogP contribution in [0.5, 0.6) is 11.6 Å². The summed E-state index contributed by atoms with van der Waals surface area (Å²) in [5.74, 6) is 0.0463. The van der Waals surface area contributed by atoms with E-state index in [0.29, 0.717) is 45.6 Å². The summed E-state index contributed by atoms with van der Waals surface area (Å²) < 4.78 is 21.3. The molecule has 0 radical (unpaired) electrons. The highest BCUT2D eigenvalue weighted by Crippen LogP contribution is 2.38. The number of nitrogens with zero attached hydrogens (tertiary/aromatic N) is 2. The van der Waals surface area contributed by atoms with Gasteiger partial charge in [0.15, 0.2) is 0 Å². The van der Waals surface area contributed by atoms with E-state index in [0.717, 1.165) is 0 Å². The van der Waals surface area contributed by atoms with Gasteiger partial charge in [-0.2, -0.15) is 0 Å². The van der Waals surface area contributed by atoms with Crippen LogP contribution in [0.2, 0.25) is 0 Å². The Labute approximate surface area is 189 Å². The molecule has 0 saturated carbocycles. The zero-order valence-corrected chi connectivity index (χ0v) is 18.7. The summed E-state index contributed by atoms with van der Waals surface area (Å²) in [4.78, 5) is 32.4. The number of carbonyl (C=O) groups is 1. The lowest BCUT2D eigenvalue weighted by atomic mass is 10.0. The second-order valence-electron chi connectivity index (χ2n) is 7.88. The van der Waals surface area contributed by atoms with Crippen molar-refractivity contribution < 1.29 is 13.9 Å². The minimum absolute atomic E-state index is 0.239. The molecule has 0 atom stereocenters. The predicted molar refractivity (Wildman–Crippen MR) is 125 cm³/mol. The van der Waals surface area contributed by atoms with E-state index in [1.165, 1.54) is 22.9 Å². The lowest BCUT2D eigenvalue weighted by Crippen LogP contribution is -2.23. The van der Waals surface area contributed by atoms with Gasteiger partial charge in [-0.15, -0.1) is 0 Å². The first-order valence-corrected chi connectivity index (χ1v) is 10.4. The van der Waals surface area contributed by atoms with Crippen LogP contribution >= 0.6 is 0 Å². The molecule has 1 aromatic carbocycles. The SMILES string of the molecule is CCNC(=O)c1cc2c(-c3cc(N)cnc3Oc3c(C)cc(F)cc3C)cn(C)c(=O)c2[nH]1. The van der Waals surface area contributed by atoms with Gasteiger partial charge in [0.25, 0.3) is 11.5 Å². The van der Waals surface area contributed by atoms with Crippen LogP contribution in [0.15, 0.2) is 41.5 Å². The third-order valence-electron chi connectivity index (χ3n) is 5.33. The number of hydrogen-bond acceptors (Lipinski definition) is 5. The van der Waals surface area contributed by atoms with Gasteiger partial charge in [-0.25, -0.2) is 9.37 Å². The smallest absolute Gasteiger partial charge is 0.274 e. The summed E-state index contributed by atoms with van der Waals surface area (Å²) >= 11 is 0. The van der Waals surface area contributed by atoms with E-state index in [4.69, 9.17) is 10.5 Å². The van der Waals surface area contributed by atoms with E-state index in [1.807, 2.05) is 6.92 Å². The number of nitrogens with two attached hydrogens (primary N) is 1. The summed E-state index contributed by atoms with van der Waals surface area (Å²) in [5, 5.41) is 3.25. The van der Waals surface area contributed by atoms with Crippen LogP contribution in [0.1, 0.15) is 28.5 Å². The predicted octanol–water partition coefficient (Wildman–Crippen LogP) is 3.81. The summed E-state index contributed by atoms with van der Waals surface area (Å²) in [6.45, 7) is 5.76. The van der Waals surface area contributed by atoms with Crippen molar-refractivity contribution in [2.45, 2.75) is 20.8 Å². The normalized spacial score (nSPS) is 11.1. The molecule has 3 heterocycles. The van der Waals surface area contributed by atoms with Gasteiger partial charge in [-0.05, 0) is 56.2 Å². The molecule has 0 aliphatic carbocycles. The molecule has 33 heavy (non-hydrogen) atoms. The number of carbonyl (C=O) groups excluding carboxylic acids is 1. The lowest BCUT2D eigenvalue weighted by molar-refractivity contribution is 0.0951. The Morgan fingerprint density at radius 1 is 1.21 bits per heavy atom. The molecule has 3 aromatic heterocycles. The molecule has 0 aliphatic rings. The number of nitrogen functional groups attached to an aromatic ring is 1. The molecule has 170 valence electrons. The molecule has 9 heteroatoms. The van der Waals surface area contributed by atoms with E-state index >= 15 is 0 Å². The molecular weight excluding hydrogens is 425 g/mol. The number of ether oxygens (including phenoxy) is 1. The zero-order chi connectivity index (χ0) is 23.9. The van der Waals surface area contributed by atoms with E-state index in [1.54, 1.807) is 39.2 Å². The highest BCUT2D eigenvalue weighted by molar-refractivity contribution is 6.03. The fraction of sp³-hybridized carbons (Fsp3) is 0.208. The highest BCUT2D eigenvalue weighted by Gasteiger charge is 2.20. The van der Waals surface area contributed by atoms with Crippen LogP contribution in [-0.2, 0) is 7.05 Å². The Balaban J connectivity index is 1.94. The van der Waals surface area contributed by atoms with Crippen LogP contribution in [-0.4, -0.2) is 27.0 Å². The second-order valence-corrected chi connectivity index (χ2v) is 7.88. The summed E-state index contributed by atoms with van der Waals surface area (Å²) in [5.41, 5.74) is 9.05. The summed E-state index contributed by atoms with van der Waals surface area (Å²) in [6.07, 6.45) is 3.11. The van der Waals surface area contributed by atoms with Crippen molar-refractivity contribution in [1.29, 1.82) is 0 Å². The number of benzene rings is 1. The molecule has 4 N–H and O–H groups in total. The van der Waals surface area contributed by atoms with Crippen molar-refractivity contribution in [3.8, 4) is 22.8 Å². The van der Waals surface area contributed by atoms with Gasteiger partial charge in [0.2, 0.25) is 5.88 Å². The quantitative estimate of drug-likeness (QED) is 0.429. The van der Waals surface area contributed by atoms with E-state index in [-0.39, 0.29) is 34.4 Å². The number of hydrogen-bond donors (Lipinski definition) is 3. The third kappa shape index (κ3) is 4.05. The van der Waals surface area contributed by atoms with Gasteiger partial charge in [-0.1, -0.05) is 0 Å². The third-order valence-corrected chi connectivity index (χ3v) is 5.33. The van der Waals surface area contributed by atoms with E-state index < -0.39 is 0 Å². The van der Waals surface area contributed by atoms with Crippen LogP contribution in [0.3, 0.4) is 0 Å². The molecule has 0 saturated heterocycles. The average molecular weight is 449 g/mol. The molecule has 4 aromatic rings. The van der Waals surface area contributed by atoms with Crippen molar-refractivity contribution in [1.82, 2.24) is 19.9 Å². The highest BCUT2D eigenvalue weighted by atomic mass is 19.1. The number of fused-ring (bicyclic) bond motifs is 1. The Morgan fingerprint density at radius 3 is 2.58 bits per heavy atom. The molecule has 0 spiro atoms. The van der Waals surface area contributed by atoms with Gasteiger partial charge >= 0.3 is 0 Å².